The van der Waals surface area contributed by atoms with Crippen molar-refractivity contribution >= 4 is 17.5 Å². The minimum atomic E-state index is -0.325. The molecule has 0 bridgehead atoms. The molecule has 1 saturated carbocycles. The molecule has 2 atom stereocenters. The Kier molecular flexibility index (Phi) is 4.59. The molecule has 0 aliphatic heterocycles. The van der Waals surface area contributed by atoms with Crippen molar-refractivity contribution in [3.63, 3.8) is 0 Å². The molecule has 0 radical (unpaired) electrons. The zero-order chi connectivity index (χ0) is 13.0. The molecule has 0 aromatic heterocycles. The number of alkyl halides is 1. The zero-order valence-corrected chi connectivity index (χ0v) is 10.9. The second-order valence-corrected chi connectivity index (χ2v) is 5.47. The lowest BCUT2D eigenvalue weighted by Crippen LogP contribution is -2.30. The van der Waals surface area contributed by atoms with E-state index in [1.807, 2.05) is 0 Å². The van der Waals surface area contributed by atoms with E-state index in [1.54, 1.807) is 18.2 Å². The smallest absolute Gasteiger partial charge is 0.224 e. The van der Waals surface area contributed by atoms with Crippen molar-refractivity contribution in [2.75, 3.05) is 6.54 Å². The maximum Gasteiger partial charge on any atom is 0.224 e. The minimum absolute atomic E-state index is 0.101. The number of carbonyl (C=O) groups is 1. The predicted octanol–water partition coefficient (Wildman–Crippen LogP) is 2.89. The first-order valence-electron chi connectivity index (χ1n) is 6.29. The highest BCUT2D eigenvalue weighted by molar-refractivity contribution is 6.20. The summed E-state index contributed by atoms with van der Waals surface area (Å²) in [6.45, 7) is 0.649. The highest BCUT2D eigenvalue weighted by Gasteiger charge is 2.23. The highest BCUT2D eigenvalue weighted by atomic mass is 35.5. The predicted molar refractivity (Wildman–Crippen MR) is 70.1 cm³/mol. The van der Waals surface area contributed by atoms with E-state index in [9.17, 15) is 9.18 Å². The van der Waals surface area contributed by atoms with Crippen LogP contribution in [0.25, 0.3) is 0 Å². The fraction of sp³-hybridized carbons (Fsp3) is 0.500. The number of amides is 1. The summed E-state index contributed by atoms with van der Waals surface area (Å²) in [5.74, 6) is 0.0181. The Hall–Kier alpha value is -1.09. The number of carbonyl (C=O) groups excluding carboxylic acids is 1. The van der Waals surface area contributed by atoms with Crippen molar-refractivity contribution in [1.29, 1.82) is 0 Å². The number of hydrogen-bond donors (Lipinski definition) is 1. The second-order valence-electron chi connectivity index (χ2n) is 4.85. The summed E-state index contributed by atoms with van der Waals surface area (Å²) in [7, 11) is 0. The minimum Gasteiger partial charge on any atom is -0.356 e. The Morgan fingerprint density at radius 2 is 2.17 bits per heavy atom. The van der Waals surface area contributed by atoms with Gasteiger partial charge in [-0.25, -0.2) is 4.39 Å². The van der Waals surface area contributed by atoms with E-state index in [2.05, 4.69) is 5.32 Å². The lowest BCUT2D eigenvalue weighted by Gasteiger charge is -2.11. The van der Waals surface area contributed by atoms with Crippen molar-refractivity contribution in [3.8, 4) is 0 Å². The summed E-state index contributed by atoms with van der Waals surface area (Å²) < 4.78 is 13.3. The van der Waals surface area contributed by atoms with Crippen LogP contribution in [0.3, 0.4) is 0 Å². The number of nitrogens with one attached hydrogen (secondary N) is 1. The molecule has 0 spiro atoms. The third-order valence-electron chi connectivity index (χ3n) is 3.37. The van der Waals surface area contributed by atoms with E-state index in [0.29, 0.717) is 18.0 Å². The maximum absolute atomic E-state index is 13.3. The fourth-order valence-electron chi connectivity index (χ4n) is 2.33. The molecule has 2 unspecified atom stereocenters. The van der Waals surface area contributed by atoms with Crippen LogP contribution in [0, 0.1) is 11.7 Å². The molecule has 0 saturated heterocycles. The normalized spacial score (nSPS) is 23.0. The van der Waals surface area contributed by atoms with Crippen LogP contribution in [0.2, 0.25) is 0 Å². The van der Waals surface area contributed by atoms with Gasteiger partial charge < -0.3 is 5.32 Å². The van der Waals surface area contributed by atoms with Crippen LogP contribution >= 0.6 is 11.6 Å². The first-order chi connectivity index (χ1) is 8.65. The molecular formula is C14H17ClFNO. The molecule has 1 N–H and O–H groups in total. The number of hydrogen-bond acceptors (Lipinski definition) is 1. The van der Waals surface area contributed by atoms with Crippen LogP contribution in [0.4, 0.5) is 4.39 Å². The Bertz CT molecular complexity index is 424. The number of halogens is 2. The first kappa shape index (κ1) is 13.3. The summed E-state index contributed by atoms with van der Waals surface area (Å²) >= 11 is 6.01. The summed E-state index contributed by atoms with van der Waals surface area (Å²) in [5, 5.41) is 3.11. The third-order valence-corrected chi connectivity index (χ3v) is 3.77. The first-order valence-corrected chi connectivity index (χ1v) is 6.73. The van der Waals surface area contributed by atoms with E-state index in [4.69, 9.17) is 11.6 Å². The SMILES string of the molecule is O=C(Cc1ccccc1F)NCC1CCC(Cl)C1. The zero-order valence-electron chi connectivity index (χ0n) is 10.2. The Labute approximate surface area is 112 Å². The largest absolute Gasteiger partial charge is 0.356 e. The Morgan fingerprint density at radius 1 is 1.39 bits per heavy atom. The van der Waals surface area contributed by atoms with Gasteiger partial charge in [-0.15, -0.1) is 11.6 Å². The molecule has 1 aliphatic carbocycles. The van der Waals surface area contributed by atoms with Crippen LogP contribution < -0.4 is 5.32 Å². The fourth-order valence-corrected chi connectivity index (χ4v) is 2.71. The van der Waals surface area contributed by atoms with E-state index >= 15 is 0 Å². The van der Waals surface area contributed by atoms with Crippen LogP contribution in [-0.4, -0.2) is 17.8 Å². The average molecular weight is 270 g/mol. The van der Waals surface area contributed by atoms with E-state index in [0.717, 1.165) is 19.3 Å². The highest BCUT2D eigenvalue weighted by Crippen LogP contribution is 2.28. The Morgan fingerprint density at radius 3 is 2.83 bits per heavy atom. The molecule has 1 aliphatic rings. The van der Waals surface area contributed by atoms with Crippen LogP contribution in [0.5, 0.6) is 0 Å². The molecule has 18 heavy (non-hydrogen) atoms. The van der Waals surface area contributed by atoms with Gasteiger partial charge in [-0.3, -0.25) is 4.79 Å². The lowest BCUT2D eigenvalue weighted by atomic mass is 10.1. The van der Waals surface area contributed by atoms with Gasteiger partial charge in [0.2, 0.25) is 5.91 Å². The molecule has 98 valence electrons. The van der Waals surface area contributed by atoms with Crippen LogP contribution in [0.15, 0.2) is 24.3 Å². The molecule has 1 amide bonds. The summed E-state index contributed by atoms with van der Waals surface area (Å²) in [6.07, 6.45) is 3.15. The van der Waals surface area contributed by atoms with Gasteiger partial charge in [0.05, 0.1) is 6.42 Å². The molecule has 0 heterocycles. The molecule has 1 fully saturated rings. The van der Waals surface area contributed by atoms with Crippen molar-refractivity contribution in [1.82, 2.24) is 5.32 Å². The molecule has 1 aromatic carbocycles. The van der Waals surface area contributed by atoms with Crippen LogP contribution in [-0.2, 0) is 11.2 Å². The summed E-state index contributed by atoms with van der Waals surface area (Å²) in [4.78, 5) is 11.7. The van der Waals surface area contributed by atoms with Gasteiger partial charge >= 0.3 is 0 Å². The third kappa shape index (κ3) is 3.70. The summed E-state index contributed by atoms with van der Waals surface area (Å²) in [6, 6.07) is 6.37. The molecule has 1 aromatic rings. The van der Waals surface area contributed by atoms with E-state index < -0.39 is 0 Å². The van der Waals surface area contributed by atoms with E-state index in [-0.39, 0.29) is 23.5 Å². The summed E-state index contributed by atoms with van der Waals surface area (Å²) in [5.41, 5.74) is 0.441. The van der Waals surface area contributed by atoms with Crippen molar-refractivity contribution in [3.05, 3.63) is 35.6 Å². The van der Waals surface area contributed by atoms with Crippen molar-refractivity contribution < 1.29 is 9.18 Å². The van der Waals surface area contributed by atoms with Crippen molar-refractivity contribution in [2.24, 2.45) is 5.92 Å². The monoisotopic (exact) mass is 269 g/mol. The van der Waals surface area contributed by atoms with Gasteiger partial charge in [-0.05, 0) is 36.8 Å². The maximum atomic E-state index is 13.3. The topological polar surface area (TPSA) is 29.1 Å². The van der Waals surface area contributed by atoms with Gasteiger partial charge in [0, 0.05) is 11.9 Å². The number of rotatable bonds is 4. The quantitative estimate of drug-likeness (QED) is 0.837. The lowest BCUT2D eigenvalue weighted by molar-refractivity contribution is -0.120. The van der Waals surface area contributed by atoms with Gasteiger partial charge in [-0.1, -0.05) is 18.2 Å². The standard InChI is InChI=1S/C14H17ClFNO/c15-12-6-5-10(7-12)9-17-14(18)8-11-3-1-2-4-13(11)16/h1-4,10,12H,5-9H2,(H,17,18). The van der Waals surface area contributed by atoms with Gasteiger partial charge in [-0.2, -0.15) is 0 Å². The van der Waals surface area contributed by atoms with E-state index in [1.165, 1.54) is 6.07 Å². The molecule has 4 heteroatoms. The number of benzene rings is 1. The molecule has 2 nitrogen and oxygen atoms in total. The molecular weight excluding hydrogens is 253 g/mol. The van der Waals surface area contributed by atoms with Gasteiger partial charge in [0.15, 0.2) is 0 Å². The van der Waals surface area contributed by atoms with Crippen molar-refractivity contribution in [2.45, 2.75) is 31.1 Å². The van der Waals surface area contributed by atoms with Gasteiger partial charge in [0.25, 0.3) is 0 Å². The van der Waals surface area contributed by atoms with Crippen LogP contribution in [0.1, 0.15) is 24.8 Å². The second kappa shape index (κ2) is 6.19. The average Bonchev–Trinajstić information content (AvgIpc) is 2.76. The molecule has 2 rings (SSSR count). The Balaban J connectivity index is 1.77. The van der Waals surface area contributed by atoms with Gasteiger partial charge in [0.1, 0.15) is 5.82 Å².